The van der Waals surface area contributed by atoms with Crippen molar-refractivity contribution in [3.63, 3.8) is 0 Å². The van der Waals surface area contributed by atoms with E-state index in [-0.39, 0.29) is 0 Å². The first-order chi connectivity index (χ1) is 5.77. The summed E-state index contributed by atoms with van der Waals surface area (Å²) >= 11 is 0. The van der Waals surface area contributed by atoms with Gasteiger partial charge >= 0.3 is 0 Å². The molecule has 0 bridgehead atoms. The van der Waals surface area contributed by atoms with Crippen molar-refractivity contribution in [2.75, 3.05) is 0 Å². The van der Waals surface area contributed by atoms with Gasteiger partial charge in [-0.3, -0.25) is 0 Å². The molecule has 0 saturated carbocycles. The van der Waals surface area contributed by atoms with E-state index in [1.165, 1.54) is 44.9 Å². The first kappa shape index (κ1) is 11.7. The summed E-state index contributed by atoms with van der Waals surface area (Å²) in [6.07, 6.45) is 11.0. The Morgan fingerprint density at radius 1 is 0.917 bits per heavy atom. The Kier molecular flexibility index (Phi) is 8.64. The highest BCUT2D eigenvalue weighted by Gasteiger charge is 1.93. The molecule has 70 valence electrons. The van der Waals surface area contributed by atoms with Crippen LogP contribution in [0.1, 0.15) is 44.9 Å². The summed E-state index contributed by atoms with van der Waals surface area (Å²) in [7, 11) is 0. The van der Waals surface area contributed by atoms with Gasteiger partial charge in [0.2, 0.25) is 0 Å². The molecule has 0 heterocycles. The Balaban J connectivity index is 2.86. The van der Waals surface area contributed by atoms with Crippen LogP contribution in [0.3, 0.4) is 0 Å². The molecule has 0 spiro atoms. The summed E-state index contributed by atoms with van der Waals surface area (Å²) in [6, 6.07) is 0. The molecule has 0 rings (SSSR count). The minimum absolute atomic E-state index is 0.387. The standard InChI is InChI=1S/C12H22/c1-4-5-6-7-8-9-10-11-12(2)3/h4,12H,1-3,5-11H2. The molecule has 0 aliphatic rings. The Morgan fingerprint density at radius 3 is 2.08 bits per heavy atom. The van der Waals surface area contributed by atoms with Gasteiger partial charge < -0.3 is 0 Å². The summed E-state index contributed by atoms with van der Waals surface area (Å²) in [6.45, 7) is 11.4. The van der Waals surface area contributed by atoms with E-state index in [0.717, 1.165) is 0 Å². The molecule has 0 atom stereocenters. The van der Waals surface area contributed by atoms with Crippen molar-refractivity contribution in [2.45, 2.75) is 44.9 Å². The highest BCUT2D eigenvalue weighted by molar-refractivity contribution is 4.66. The minimum Gasteiger partial charge on any atom is -0.103 e. The highest BCUT2D eigenvalue weighted by atomic mass is 14.0. The van der Waals surface area contributed by atoms with Gasteiger partial charge in [-0.25, -0.2) is 0 Å². The smallest absolute Gasteiger partial charge is 0.0353 e. The molecule has 0 aromatic carbocycles. The van der Waals surface area contributed by atoms with E-state index in [2.05, 4.69) is 20.4 Å². The van der Waals surface area contributed by atoms with Crippen molar-refractivity contribution in [3.05, 3.63) is 26.5 Å². The molecule has 0 amide bonds. The summed E-state index contributed by atoms with van der Waals surface area (Å²) in [5.41, 5.74) is 0. The van der Waals surface area contributed by atoms with Gasteiger partial charge in [0, 0.05) is 0 Å². The zero-order chi connectivity index (χ0) is 9.23. The van der Waals surface area contributed by atoms with Gasteiger partial charge in [-0.2, -0.15) is 0 Å². The van der Waals surface area contributed by atoms with Gasteiger partial charge in [-0.1, -0.05) is 52.0 Å². The fourth-order valence-corrected chi connectivity index (χ4v) is 1.25. The topological polar surface area (TPSA) is 0 Å². The second-order valence-corrected chi connectivity index (χ2v) is 3.50. The first-order valence-corrected chi connectivity index (χ1v) is 5.04. The summed E-state index contributed by atoms with van der Waals surface area (Å²) in [5, 5.41) is 0. The monoisotopic (exact) mass is 166 g/mol. The number of hydrogen-bond donors (Lipinski definition) is 0. The fraction of sp³-hybridized carbons (Fsp3) is 0.667. The lowest BCUT2D eigenvalue weighted by molar-refractivity contribution is 0.566. The minimum atomic E-state index is 0.387. The molecular weight excluding hydrogens is 144 g/mol. The van der Waals surface area contributed by atoms with Crippen LogP contribution in [-0.2, 0) is 0 Å². The maximum atomic E-state index is 3.86. The van der Waals surface area contributed by atoms with E-state index < -0.39 is 0 Å². The fourth-order valence-electron chi connectivity index (χ4n) is 1.25. The van der Waals surface area contributed by atoms with Crippen molar-refractivity contribution < 1.29 is 0 Å². The van der Waals surface area contributed by atoms with E-state index in [9.17, 15) is 0 Å². The zero-order valence-electron chi connectivity index (χ0n) is 8.23. The van der Waals surface area contributed by atoms with Gasteiger partial charge in [-0.05, 0) is 18.8 Å². The molecule has 0 aliphatic carbocycles. The third-order valence-electron chi connectivity index (χ3n) is 2.02. The van der Waals surface area contributed by atoms with Gasteiger partial charge in [-0.15, -0.1) is 6.58 Å². The SMILES string of the molecule is [CH2]C([CH2])CCCCCCCC=C. The van der Waals surface area contributed by atoms with E-state index in [1.54, 1.807) is 0 Å². The van der Waals surface area contributed by atoms with E-state index in [1.807, 2.05) is 6.08 Å². The second kappa shape index (κ2) is 8.83. The lowest BCUT2D eigenvalue weighted by Gasteiger charge is -2.03. The van der Waals surface area contributed by atoms with Crippen LogP contribution in [0.5, 0.6) is 0 Å². The van der Waals surface area contributed by atoms with Gasteiger partial charge in [0.1, 0.15) is 0 Å². The molecule has 0 N–H and O–H groups in total. The van der Waals surface area contributed by atoms with Gasteiger partial charge in [0.05, 0.1) is 0 Å². The molecule has 12 heavy (non-hydrogen) atoms. The summed E-state index contributed by atoms with van der Waals surface area (Å²) in [4.78, 5) is 0. The van der Waals surface area contributed by atoms with Gasteiger partial charge in [0.15, 0.2) is 0 Å². The predicted molar refractivity (Wildman–Crippen MR) is 56.7 cm³/mol. The molecule has 0 aliphatic heterocycles. The van der Waals surface area contributed by atoms with Crippen LogP contribution in [0.4, 0.5) is 0 Å². The average Bonchev–Trinajstić information content (AvgIpc) is 2.02. The van der Waals surface area contributed by atoms with Crippen molar-refractivity contribution in [1.29, 1.82) is 0 Å². The summed E-state index contributed by atoms with van der Waals surface area (Å²) in [5.74, 6) is 0.387. The zero-order valence-corrected chi connectivity index (χ0v) is 8.23. The Labute approximate surface area is 78.1 Å². The molecular formula is C12H22. The quantitative estimate of drug-likeness (QED) is 0.375. The third-order valence-corrected chi connectivity index (χ3v) is 2.02. The maximum Gasteiger partial charge on any atom is -0.0353 e. The largest absolute Gasteiger partial charge is 0.103 e. The van der Waals surface area contributed by atoms with E-state index in [0.29, 0.717) is 5.92 Å². The van der Waals surface area contributed by atoms with Crippen LogP contribution in [0.15, 0.2) is 12.7 Å². The van der Waals surface area contributed by atoms with Crippen LogP contribution in [0.2, 0.25) is 0 Å². The van der Waals surface area contributed by atoms with Crippen LogP contribution in [0.25, 0.3) is 0 Å². The molecule has 0 aromatic rings. The molecule has 2 radical (unpaired) electrons. The number of unbranched alkanes of at least 4 members (excludes halogenated alkanes) is 5. The highest BCUT2D eigenvalue weighted by Crippen LogP contribution is 2.10. The lowest BCUT2D eigenvalue weighted by Crippen LogP contribution is -1.87. The number of allylic oxidation sites excluding steroid dienone is 1. The number of rotatable bonds is 8. The van der Waals surface area contributed by atoms with E-state index in [4.69, 9.17) is 0 Å². The molecule has 0 fully saturated rings. The first-order valence-electron chi connectivity index (χ1n) is 5.04. The van der Waals surface area contributed by atoms with Gasteiger partial charge in [0.25, 0.3) is 0 Å². The summed E-state index contributed by atoms with van der Waals surface area (Å²) < 4.78 is 0. The van der Waals surface area contributed by atoms with Crippen LogP contribution in [-0.4, -0.2) is 0 Å². The molecule has 0 unspecified atom stereocenters. The van der Waals surface area contributed by atoms with E-state index >= 15 is 0 Å². The Hall–Kier alpha value is -0.260. The lowest BCUT2D eigenvalue weighted by atomic mass is 10.0. The average molecular weight is 166 g/mol. The van der Waals surface area contributed by atoms with Crippen LogP contribution < -0.4 is 0 Å². The van der Waals surface area contributed by atoms with Crippen LogP contribution >= 0.6 is 0 Å². The van der Waals surface area contributed by atoms with Crippen molar-refractivity contribution in [3.8, 4) is 0 Å². The van der Waals surface area contributed by atoms with Crippen LogP contribution in [0, 0.1) is 19.8 Å². The number of hydrogen-bond acceptors (Lipinski definition) is 0. The van der Waals surface area contributed by atoms with Crippen molar-refractivity contribution in [1.82, 2.24) is 0 Å². The predicted octanol–water partition coefficient (Wildman–Crippen LogP) is 4.19. The maximum absolute atomic E-state index is 3.86. The Bertz CT molecular complexity index is 92.2. The molecule has 0 aromatic heterocycles. The third kappa shape index (κ3) is 9.74. The molecule has 0 saturated heterocycles. The second-order valence-electron chi connectivity index (χ2n) is 3.50. The van der Waals surface area contributed by atoms with Crippen molar-refractivity contribution in [2.24, 2.45) is 5.92 Å². The molecule has 0 nitrogen and oxygen atoms in total. The molecule has 0 heteroatoms. The van der Waals surface area contributed by atoms with Crippen molar-refractivity contribution >= 4 is 0 Å². The normalized spacial score (nSPS) is 10.6. The Morgan fingerprint density at radius 2 is 1.50 bits per heavy atom.